The van der Waals surface area contributed by atoms with E-state index in [2.05, 4.69) is 10.2 Å². The zero-order valence-electron chi connectivity index (χ0n) is 11.8. The van der Waals surface area contributed by atoms with Gasteiger partial charge in [0.05, 0.1) is 18.9 Å². The number of fused-ring (bicyclic) bond motifs is 3. The van der Waals surface area contributed by atoms with Crippen LogP contribution in [0.2, 0.25) is 0 Å². The summed E-state index contributed by atoms with van der Waals surface area (Å²) in [5.74, 6) is 0.325. The molecule has 2 aromatic rings. The van der Waals surface area contributed by atoms with Crippen molar-refractivity contribution in [3.63, 3.8) is 0 Å². The van der Waals surface area contributed by atoms with Crippen molar-refractivity contribution in [3.05, 3.63) is 35.3 Å². The first kappa shape index (κ1) is 13.8. The predicted octanol–water partition coefficient (Wildman–Crippen LogP) is 2.29. The van der Waals surface area contributed by atoms with E-state index in [1.54, 1.807) is 11.0 Å². The molecule has 3 heterocycles. The molecule has 0 unspecified atom stereocenters. The summed E-state index contributed by atoms with van der Waals surface area (Å²) in [7, 11) is 0. The second kappa shape index (κ2) is 5.40. The number of hydrogen-bond donors (Lipinski definition) is 1. The third kappa shape index (κ3) is 2.21. The molecule has 1 fully saturated rings. The van der Waals surface area contributed by atoms with Crippen LogP contribution in [0.15, 0.2) is 23.1 Å². The van der Waals surface area contributed by atoms with Crippen molar-refractivity contribution in [1.29, 1.82) is 0 Å². The Kier molecular flexibility index (Phi) is 3.38. The highest BCUT2D eigenvalue weighted by Gasteiger charge is 2.29. The molecule has 114 valence electrons. The van der Waals surface area contributed by atoms with Gasteiger partial charge in [-0.25, -0.2) is 4.39 Å². The van der Waals surface area contributed by atoms with Crippen molar-refractivity contribution in [1.82, 2.24) is 15.1 Å². The van der Waals surface area contributed by atoms with Crippen LogP contribution in [0.4, 0.5) is 4.39 Å². The number of hydrogen-bond acceptors (Lipinski definition) is 4. The molecule has 0 aliphatic carbocycles. The van der Waals surface area contributed by atoms with Crippen LogP contribution in [-0.4, -0.2) is 47.3 Å². The number of carbonyl (C=O) groups is 1. The van der Waals surface area contributed by atoms with E-state index < -0.39 is 0 Å². The number of nitrogens with zero attached hydrogens (tertiary/aromatic N) is 2. The maximum absolute atomic E-state index is 13.3. The van der Waals surface area contributed by atoms with E-state index in [1.165, 1.54) is 23.9 Å². The minimum Gasteiger partial charge on any atom is -0.378 e. The topological polar surface area (TPSA) is 58.2 Å². The fraction of sp³-hybridized carbons (Fsp3) is 0.333. The summed E-state index contributed by atoms with van der Waals surface area (Å²) in [5.41, 5.74) is 3.08. The van der Waals surface area contributed by atoms with Crippen LogP contribution in [0.3, 0.4) is 0 Å². The summed E-state index contributed by atoms with van der Waals surface area (Å²) in [6, 6.07) is 4.66. The van der Waals surface area contributed by atoms with Crippen LogP contribution in [0, 0.1) is 5.82 Å². The number of halogens is 1. The molecule has 0 atom stereocenters. The number of H-pyrrole nitrogens is 1. The molecular formula is C15H14FN3O2S. The lowest BCUT2D eigenvalue weighted by Gasteiger charge is -2.26. The average molecular weight is 319 g/mol. The van der Waals surface area contributed by atoms with Crippen molar-refractivity contribution in [2.75, 3.05) is 26.3 Å². The number of ether oxygens (including phenoxy) is 1. The number of benzene rings is 1. The fourth-order valence-electron chi connectivity index (χ4n) is 2.79. The highest BCUT2D eigenvalue weighted by atomic mass is 32.2. The van der Waals surface area contributed by atoms with E-state index in [1.807, 2.05) is 0 Å². The zero-order chi connectivity index (χ0) is 15.1. The van der Waals surface area contributed by atoms with E-state index >= 15 is 0 Å². The smallest absolute Gasteiger partial charge is 0.272 e. The van der Waals surface area contributed by atoms with Gasteiger partial charge < -0.3 is 9.64 Å². The van der Waals surface area contributed by atoms with Gasteiger partial charge in [0.2, 0.25) is 0 Å². The number of rotatable bonds is 1. The normalized spacial score (nSPS) is 17.0. The van der Waals surface area contributed by atoms with Crippen molar-refractivity contribution in [2.45, 2.75) is 10.6 Å². The zero-order valence-corrected chi connectivity index (χ0v) is 12.6. The van der Waals surface area contributed by atoms with E-state index in [0.717, 1.165) is 21.7 Å². The molecule has 1 aromatic heterocycles. The molecule has 0 bridgehead atoms. The molecule has 22 heavy (non-hydrogen) atoms. The maximum Gasteiger partial charge on any atom is 0.272 e. The summed E-state index contributed by atoms with van der Waals surface area (Å²) in [6.45, 7) is 2.33. The Balaban J connectivity index is 1.71. The first-order chi connectivity index (χ1) is 10.7. The molecule has 1 aromatic carbocycles. The first-order valence-corrected chi connectivity index (χ1v) is 8.09. The lowest BCUT2D eigenvalue weighted by Crippen LogP contribution is -2.41. The third-order valence-electron chi connectivity index (χ3n) is 3.95. The van der Waals surface area contributed by atoms with Gasteiger partial charge in [0.15, 0.2) is 0 Å². The number of nitrogens with one attached hydrogen (secondary N) is 1. The van der Waals surface area contributed by atoms with Gasteiger partial charge in [-0.05, 0) is 18.2 Å². The van der Waals surface area contributed by atoms with Crippen LogP contribution in [0.1, 0.15) is 16.1 Å². The van der Waals surface area contributed by atoms with Gasteiger partial charge in [0.25, 0.3) is 5.91 Å². The van der Waals surface area contributed by atoms with Crippen molar-refractivity contribution in [2.24, 2.45) is 0 Å². The molecular weight excluding hydrogens is 305 g/mol. The second-order valence-electron chi connectivity index (χ2n) is 5.26. The highest BCUT2D eigenvalue weighted by molar-refractivity contribution is 7.98. The van der Waals surface area contributed by atoms with Gasteiger partial charge in [-0.1, -0.05) is 0 Å². The van der Waals surface area contributed by atoms with Gasteiger partial charge in [-0.3, -0.25) is 9.89 Å². The minimum atomic E-state index is -0.255. The molecule has 1 saturated heterocycles. The first-order valence-electron chi connectivity index (χ1n) is 7.11. The highest BCUT2D eigenvalue weighted by Crippen LogP contribution is 2.41. The predicted molar refractivity (Wildman–Crippen MR) is 80.3 cm³/mol. The Morgan fingerprint density at radius 1 is 1.36 bits per heavy atom. The molecule has 7 heteroatoms. The van der Waals surface area contributed by atoms with Crippen LogP contribution >= 0.6 is 11.8 Å². The van der Waals surface area contributed by atoms with E-state index in [4.69, 9.17) is 4.74 Å². The van der Waals surface area contributed by atoms with E-state index in [9.17, 15) is 9.18 Å². The number of morpholine rings is 1. The maximum atomic E-state index is 13.3. The molecule has 4 rings (SSSR count). The van der Waals surface area contributed by atoms with Gasteiger partial charge in [-0.15, -0.1) is 11.8 Å². The molecule has 0 radical (unpaired) electrons. The lowest BCUT2D eigenvalue weighted by atomic mass is 10.1. The summed E-state index contributed by atoms with van der Waals surface area (Å²) in [4.78, 5) is 15.3. The molecule has 5 nitrogen and oxygen atoms in total. The average Bonchev–Trinajstić information content (AvgIpc) is 2.99. The standard InChI is InChI=1S/C15H14FN3O2S/c16-9-1-2-10-12(7-9)22-8-11-13(10)17-18-14(11)15(20)19-3-5-21-6-4-19/h1-2,7H,3-6,8H2,(H,17,18). The SMILES string of the molecule is O=C(c1[nH]nc2c1CSc1cc(F)ccc1-2)N1CCOCC1. The molecule has 0 saturated carbocycles. The number of carbonyl (C=O) groups excluding carboxylic acids is 1. The summed E-state index contributed by atoms with van der Waals surface area (Å²) < 4.78 is 18.6. The number of amides is 1. The monoisotopic (exact) mass is 319 g/mol. The summed E-state index contributed by atoms with van der Waals surface area (Å²) in [5, 5.41) is 7.18. The third-order valence-corrected chi connectivity index (χ3v) is 5.03. The number of thioether (sulfide) groups is 1. The fourth-order valence-corrected chi connectivity index (χ4v) is 3.89. The Hall–Kier alpha value is -1.86. The Bertz CT molecular complexity index is 740. The second-order valence-corrected chi connectivity index (χ2v) is 6.28. The lowest BCUT2D eigenvalue weighted by molar-refractivity contribution is 0.0298. The van der Waals surface area contributed by atoms with Crippen LogP contribution in [0.5, 0.6) is 0 Å². The van der Waals surface area contributed by atoms with Crippen molar-refractivity contribution >= 4 is 17.7 Å². The van der Waals surface area contributed by atoms with Crippen LogP contribution in [-0.2, 0) is 10.5 Å². The van der Waals surface area contributed by atoms with Crippen LogP contribution in [0.25, 0.3) is 11.3 Å². The Morgan fingerprint density at radius 2 is 2.18 bits per heavy atom. The largest absolute Gasteiger partial charge is 0.378 e. The molecule has 0 spiro atoms. The van der Waals surface area contributed by atoms with Gasteiger partial charge in [0.1, 0.15) is 11.5 Å². The Labute approximate surface area is 130 Å². The van der Waals surface area contributed by atoms with E-state index in [0.29, 0.717) is 37.8 Å². The number of aromatic nitrogens is 2. The van der Waals surface area contributed by atoms with Crippen LogP contribution < -0.4 is 0 Å². The molecule has 2 aliphatic heterocycles. The van der Waals surface area contributed by atoms with E-state index in [-0.39, 0.29) is 11.7 Å². The quantitative estimate of drug-likeness (QED) is 0.876. The molecule has 2 aliphatic rings. The summed E-state index contributed by atoms with van der Waals surface area (Å²) in [6.07, 6.45) is 0. The van der Waals surface area contributed by atoms with Crippen molar-refractivity contribution < 1.29 is 13.9 Å². The molecule has 1 amide bonds. The molecule has 1 N–H and O–H groups in total. The number of aromatic amines is 1. The summed E-state index contributed by atoms with van der Waals surface area (Å²) >= 11 is 1.53. The minimum absolute atomic E-state index is 0.0387. The van der Waals surface area contributed by atoms with Gasteiger partial charge in [0, 0.05) is 34.9 Å². The van der Waals surface area contributed by atoms with Gasteiger partial charge in [-0.2, -0.15) is 5.10 Å². The van der Waals surface area contributed by atoms with Crippen molar-refractivity contribution in [3.8, 4) is 11.3 Å². The Morgan fingerprint density at radius 3 is 3.00 bits per heavy atom. The van der Waals surface area contributed by atoms with Gasteiger partial charge >= 0.3 is 0 Å².